The van der Waals surface area contributed by atoms with Crippen LogP contribution in [0.5, 0.6) is 0 Å². The summed E-state index contributed by atoms with van der Waals surface area (Å²) in [6.45, 7) is 6.52. The predicted octanol–water partition coefficient (Wildman–Crippen LogP) is 1.01. The summed E-state index contributed by atoms with van der Waals surface area (Å²) in [5.41, 5.74) is -1.46. The van der Waals surface area contributed by atoms with Crippen LogP contribution in [-0.2, 0) is 13.8 Å². The predicted molar refractivity (Wildman–Crippen MR) is 114 cm³/mol. The number of aliphatic hydroxyl groups is 3. The molecule has 12 nitrogen and oxygen atoms in total. The van der Waals surface area contributed by atoms with Crippen LogP contribution in [0.3, 0.4) is 0 Å². The fourth-order valence-corrected chi connectivity index (χ4v) is 5.65. The van der Waals surface area contributed by atoms with Crippen molar-refractivity contribution < 1.29 is 34.0 Å². The van der Waals surface area contributed by atoms with Gasteiger partial charge in [-0.05, 0) is 26.2 Å². The van der Waals surface area contributed by atoms with Crippen molar-refractivity contribution >= 4 is 18.8 Å². The van der Waals surface area contributed by atoms with E-state index < -0.39 is 48.6 Å². The highest BCUT2D eigenvalue weighted by atomic mass is 31.2. The van der Waals surface area contributed by atoms with Gasteiger partial charge in [-0.25, -0.2) is 9.97 Å². The van der Waals surface area contributed by atoms with Gasteiger partial charge in [0.15, 0.2) is 22.7 Å². The number of ether oxygens (including phenoxy) is 1. The molecule has 0 aliphatic carbocycles. The van der Waals surface area contributed by atoms with Gasteiger partial charge in [-0.2, -0.15) is 0 Å². The van der Waals surface area contributed by atoms with Gasteiger partial charge in [-0.3, -0.25) is 13.9 Å². The Labute approximate surface area is 184 Å². The van der Waals surface area contributed by atoms with E-state index in [9.17, 15) is 29.6 Å². The number of imidazole rings is 1. The van der Waals surface area contributed by atoms with Crippen LogP contribution in [0.2, 0.25) is 0 Å². The lowest BCUT2D eigenvalue weighted by Crippen LogP contribution is -2.40. The zero-order valence-electron chi connectivity index (χ0n) is 18.5. The number of hydrogen-bond donors (Lipinski definition) is 5. The van der Waals surface area contributed by atoms with E-state index >= 15 is 0 Å². The molecule has 32 heavy (non-hydrogen) atoms. The summed E-state index contributed by atoms with van der Waals surface area (Å²) in [6, 6.07) is 0. The molecular weight excluding hydrogens is 443 g/mol. The molecule has 0 spiro atoms. The Hall–Kier alpha value is -1.66. The molecule has 1 fully saturated rings. The maximum Gasteiger partial charge on any atom is 0.359 e. The normalized spacial score (nSPS) is 28.0. The third-order valence-corrected chi connectivity index (χ3v) is 8.73. The highest BCUT2D eigenvalue weighted by molar-refractivity contribution is 7.54. The first kappa shape index (κ1) is 25.0. The van der Waals surface area contributed by atoms with Gasteiger partial charge in [-0.1, -0.05) is 20.8 Å². The van der Waals surface area contributed by atoms with E-state index in [1.165, 1.54) is 17.2 Å². The second-order valence-electron chi connectivity index (χ2n) is 8.41. The number of aromatic nitrogens is 4. The number of rotatable bonds is 9. The minimum absolute atomic E-state index is 0.0280. The van der Waals surface area contributed by atoms with Crippen LogP contribution in [0.15, 0.2) is 17.4 Å². The SMILES string of the molecule is CCC(C)(C[C@H]1O[C@@H](n2cnc3c(=O)[nH]cnc32)[C@H](O)[C@@H]1O)OP(=O)(O)C(O)(CC)CC. The minimum atomic E-state index is -4.45. The Morgan fingerprint density at radius 3 is 2.47 bits per heavy atom. The molecule has 1 saturated heterocycles. The van der Waals surface area contributed by atoms with E-state index in [-0.39, 0.29) is 36.8 Å². The van der Waals surface area contributed by atoms with E-state index in [1.807, 2.05) is 0 Å². The maximum atomic E-state index is 12.9. The summed E-state index contributed by atoms with van der Waals surface area (Å²) in [4.78, 5) is 32.9. The molecule has 2 aromatic rings. The fourth-order valence-electron chi connectivity index (χ4n) is 3.88. The summed E-state index contributed by atoms with van der Waals surface area (Å²) in [7, 11) is -4.45. The molecule has 0 bridgehead atoms. The molecule has 5 N–H and O–H groups in total. The van der Waals surface area contributed by atoms with Crippen LogP contribution in [0.4, 0.5) is 0 Å². The lowest BCUT2D eigenvalue weighted by atomic mass is 9.93. The van der Waals surface area contributed by atoms with Gasteiger partial charge in [0, 0.05) is 6.42 Å². The van der Waals surface area contributed by atoms with Gasteiger partial charge in [0.2, 0.25) is 0 Å². The minimum Gasteiger partial charge on any atom is -0.388 e. The summed E-state index contributed by atoms with van der Waals surface area (Å²) in [5.74, 6) is 0. The highest BCUT2D eigenvalue weighted by Gasteiger charge is 2.51. The smallest absolute Gasteiger partial charge is 0.359 e. The third-order valence-electron chi connectivity index (χ3n) is 6.36. The average molecular weight is 474 g/mol. The standard InChI is InChI=1S/C19H31N4O8P/c1-5-18(4,31-32(28,29)19(27,6-2)7-3)8-11-13(24)14(25)17(30-11)23-10-22-12-15(23)20-9-21-16(12)26/h9-11,13-14,17,24-25,27H,5-8H2,1-4H3,(H,28,29)(H,20,21,26)/t11-,13-,14-,17-,18?/m1/s1. The highest BCUT2D eigenvalue weighted by Crippen LogP contribution is 2.60. The molecule has 0 amide bonds. The number of nitrogens with zero attached hydrogens (tertiary/aromatic N) is 3. The average Bonchev–Trinajstić information content (AvgIpc) is 3.30. The first-order valence-electron chi connectivity index (χ1n) is 10.6. The molecule has 3 rings (SSSR count). The zero-order valence-corrected chi connectivity index (χ0v) is 19.4. The van der Waals surface area contributed by atoms with Crippen molar-refractivity contribution in [3.8, 4) is 0 Å². The van der Waals surface area contributed by atoms with E-state index in [0.717, 1.165) is 0 Å². The molecule has 2 unspecified atom stereocenters. The van der Waals surface area contributed by atoms with Crippen LogP contribution in [0.1, 0.15) is 59.6 Å². The Morgan fingerprint density at radius 1 is 1.22 bits per heavy atom. The molecule has 180 valence electrons. The quantitative estimate of drug-likeness (QED) is 0.329. The number of aromatic amines is 1. The van der Waals surface area contributed by atoms with Crippen molar-refractivity contribution in [1.29, 1.82) is 0 Å². The fraction of sp³-hybridized carbons (Fsp3) is 0.737. The van der Waals surface area contributed by atoms with Crippen LogP contribution in [0, 0.1) is 0 Å². The molecule has 0 aromatic carbocycles. The Bertz CT molecular complexity index is 1050. The summed E-state index contributed by atoms with van der Waals surface area (Å²) in [5, 5.41) is 29.9. The molecule has 1 aliphatic rings. The van der Waals surface area contributed by atoms with Gasteiger partial charge < -0.3 is 34.5 Å². The van der Waals surface area contributed by atoms with Crippen LogP contribution < -0.4 is 5.56 Å². The molecule has 2 aromatic heterocycles. The Morgan fingerprint density at radius 2 is 1.88 bits per heavy atom. The second-order valence-corrected chi connectivity index (χ2v) is 10.5. The van der Waals surface area contributed by atoms with Gasteiger partial charge >= 0.3 is 7.60 Å². The van der Waals surface area contributed by atoms with Gasteiger partial charge in [0.1, 0.15) is 12.2 Å². The lowest BCUT2D eigenvalue weighted by molar-refractivity contribution is -0.0696. The van der Waals surface area contributed by atoms with Crippen molar-refractivity contribution in [3.05, 3.63) is 23.0 Å². The Balaban J connectivity index is 1.84. The summed E-state index contributed by atoms with van der Waals surface area (Å²) >= 11 is 0. The van der Waals surface area contributed by atoms with Gasteiger partial charge in [0.25, 0.3) is 5.56 Å². The van der Waals surface area contributed by atoms with Gasteiger partial charge in [-0.15, -0.1) is 0 Å². The van der Waals surface area contributed by atoms with Crippen molar-refractivity contribution in [2.75, 3.05) is 0 Å². The molecule has 3 heterocycles. The van der Waals surface area contributed by atoms with Crippen molar-refractivity contribution in [2.45, 2.75) is 88.9 Å². The topological polar surface area (TPSA) is 180 Å². The lowest BCUT2D eigenvalue weighted by Gasteiger charge is -2.38. The number of nitrogens with one attached hydrogen (secondary N) is 1. The summed E-state index contributed by atoms with van der Waals surface area (Å²) < 4.78 is 25.7. The van der Waals surface area contributed by atoms with Crippen molar-refractivity contribution in [2.24, 2.45) is 0 Å². The number of fused-ring (bicyclic) bond motifs is 1. The molecule has 0 radical (unpaired) electrons. The molecule has 0 saturated carbocycles. The van der Waals surface area contributed by atoms with E-state index in [0.29, 0.717) is 0 Å². The second kappa shape index (κ2) is 8.94. The van der Waals surface area contributed by atoms with Crippen molar-refractivity contribution in [3.63, 3.8) is 0 Å². The number of aliphatic hydroxyl groups excluding tert-OH is 2. The molecule has 6 atom stereocenters. The number of H-pyrrole nitrogens is 1. The maximum absolute atomic E-state index is 12.9. The molecule has 13 heteroatoms. The first-order valence-corrected chi connectivity index (χ1v) is 12.2. The van der Waals surface area contributed by atoms with Crippen LogP contribution >= 0.6 is 7.60 Å². The van der Waals surface area contributed by atoms with E-state index in [4.69, 9.17) is 9.26 Å². The largest absolute Gasteiger partial charge is 0.388 e. The first-order chi connectivity index (χ1) is 14.9. The number of hydrogen-bond acceptors (Lipinski definition) is 9. The molecular formula is C19H31N4O8P. The van der Waals surface area contributed by atoms with Crippen LogP contribution in [-0.4, -0.2) is 69.0 Å². The molecule has 1 aliphatic heterocycles. The summed E-state index contributed by atoms with van der Waals surface area (Å²) in [6.07, 6.45) is -1.98. The van der Waals surface area contributed by atoms with Crippen LogP contribution in [0.25, 0.3) is 11.2 Å². The third kappa shape index (κ3) is 4.28. The van der Waals surface area contributed by atoms with Gasteiger partial charge in [0.05, 0.1) is 24.4 Å². The van der Waals surface area contributed by atoms with E-state index in [2.05, 4.69) is 15.0 Å². The monoisotopic (exact) mass is 474 g/mol. The Kier molecular flexibility index (Phi) is 6.98. The zero-order chi connectivity index (χ0) is 23.9. The van der Waals surface area contributed by atoms with E-state index in [1.54, 1.807) is 27.7 Å². The van der Waals surface area contributed by atoms with Crippen molar-refractivity contribution in [1.82, 2.24) is 19.5 Å².